The summed E-state index contributed by atoms with van der Waals surface area (Å²) in [6, 6.07) is 5.54. The molecule has 0 aliphatic rings. The van der Waals surface area contributed by atoms with Gasteiger partial charge in [-0.3, -0.25) is 0 Å². The van der Waals surface area contributed by atoms with Gasteiger partial charge in [0.1, 0.15) is 22.3 Å². The highest BCUT2D eigenvalue weighted by Gasteiger charge is 2.21. The lowest BCUT2D eigenvalue weighted by atomic mass is 10.3. The van der Waals surface area contributed by atoms with Crippen molar-refractivity contribution in [2.24, 2.45) is 0 Å². The van der Waals surface area contributed by atoms with Gasteiger partial charge in [0.05, 0.1) is 20.1 Å². The van der Waals surface area contributed by atoms with Crippen LogP contribution in [0.25, 0.3) is 0 Å². The Bertz CT molecular complexity index is 864. The number of carbonyl (C=O) groups is 2. The summed E-state index contributed by atoms with van der Waals surface area (Å²) in [4.78, 5) is 24.4. The Kier molecular flexibility index (Phi) is 11.0. The molecule has 0 radical (unpaired) electrons. The molecule has 0 aliphatic heterocycles. The Labute approximate surface area is 222 Å². The molecule has 2 aromatic rings. The monoisotopic (exact) mass is 602 g/mol. The van der Waals surface area contributed by atoms with Crippen LogP contribution in [0.15, 0.2) is 34.1 Å². The van der Waals surface area contributed by atoms with Crippen LogP contribution in [0.5, 0.6) is 11.5 Å². The summed E-state index contributed by atoms with van der Waals surface area (Å²) in [5.41, 5.74) is 0. The number of benzene rings is 2. The van der Waals surface area contributed by atoms with E-state index in [1.165, 1.54) is 24.3 Å². The molecule has 0 saturated heterocycles. The van der Waals surface area contributed by atoms with E-state index in [-0.39, 0.29) is 43.3 Å². The van der Waals surface area contributed by atoms with Crippen LogP contribution in [0.3, 0.4) is 0 Å². The number of rotatable bonds is 8. The zero-order valence-electron chi connectivity index (χ0n) is 14.9. The molecule has 2 rings (SSSR count). The molecule has 168 valence electrons. The van der Waals surface area contributed by atoms with Gasteiger partial charge in [-0.15, -0.1) is 46.4 Å². The van der Waals surface area contributed by atoms with Crippen LogP contribution < -0.4 is 9.47 Å². The average molecular weight is 606 g/mol. The largest absolute Gasteiger partial charge is 0.425 e. The Morgan fingerprint density at radius 2 is 1.00 bits per heavy atom. The van der Waals surface area contributed by atoms with E-state index >= 15 is 0 Å². The van der Waals surface area contributed by atoms with Crippen molar-refractivity contribution >= 4 is 117 Å². The fourth-order valence-electron chi connectivity index (χ4n) is 1.97. The van der Waals surface area contributed by atoms with E-state index in [0.717, 1.165) is 11.8 Å². The molecule has 2 atom stereocenters. The maximum atomic E-state index is 11.8. The first-order valence-corrected chi connectivity index (χ1v) is 12.3. The van der Waals surface area contributed by atoms with Gasteiger partial charge in [-0.1, -0.05) is 58.2 Å². The van der Waals surface area contributed by atoms with E-state index in [9.17, 15) is 9.59 Å². The third-order valence-corrected chi connectivity index (χ3v) is 7.89. The summed E-state index contributed by atoms with van der Waals surface area (Å²) < 4.78 is 10.2. The first kappa shape index (κ1) is 27.3. The first-order valence-electron chi connectivity index (χ1n) is 8.06. The smallest absolute Gasteiger partial charge is 0.330 e. The van der Waals surface area contributed by atoms with Crippen LogP contribution in [0, 0.1) is 0 Å². The van der Waals surface area contributed by atoms with E-state index in [0.29, 0.717) is 9.79 Å². The zero-order valence-corrected chi connectivity index (χ0v) is 21.8. The third kappa shape index (κ3) is 7.53. The summed E-state index contributed by atoms with van der Waals surface area (Å²) in [5, 5.41) is -1.34. The van der Waals surface area contributed by atoms with E-state index in [1.807, 2.05) is 0 Å². The number of esters is 2. The Morgan fingerprint density at radius 3 is 1.26 bits per heavy atom. The molecule has 31 heavy (non-hydrogen) atoms. The van der Waals surface area contributed by atoms with Gasteiger partial charge in [0, 0.05) is 45.8 Å². The second-order valence-corrected chi connectivity index (χ2v) is 9.94. The van der Waals surface area contributed by atoms with Crippen molar-refractivity contribution in [1.82, 2.24) is 0 Å². The molecule has 0 fully saturated rings. The molecule has 2 unspecified atom stereocenters. The maximum absolute atomic E-state index is 11.8. The minimum Gasteiger partial charge on any atom is -0.425 e. The Hall–Kier alpha value is 0.0500. The molecule has 4 nitrogen and oxygen atoms in total. The highest BCUT2D eigenvalue weighted by molar-refractivity contribution is 7.99. The highest BCUT2D eigenvalue weighted by atomic mass is 35.5. The first-order chi connectivity index (χ1) is 14.6. The van der Waals surface area contributed by atoms with Crippen molar-refractivity contribution in [2.75, 3.05) is 11.8 Å². The number of carbonyl (C=O) groups excluding carboxylic acids is 2. The van der Waals surface area contributed by atoms with Crippen LogP contribution in [0.4, 0.5) is 0 Å². The minimum atomic E-state index is -1.02. The molecular formula is C18H10Cl8O4S. The molecule has 13 heteroatoms. The molecule has 0 saturated carbocycles. The van der Waals surface area contributed by atoms with E-state index in [1.54, 1.807) is 0 Å². The molecule has 0 spiro atoms. The van der Waals surface area contributed by atoms with Crippen molar-refractivity contribution in [3.05, 3.63) is 44.4 Å². The van der Waals surface area contributed by atoms with Crippen LogP contribution in [0.1, 0.15) is 0 Å². The maximum Gasteiger partial charge on any atom is 0.330 e. The minimum absolute atomic E-state index is 0.0921. The normalized spacial score (nSPS) is 12.9. The van der Waals surface area contributed by atoms with Crippen LogP contribution in [-0.4, -0.2) is 34.5 Å². The van der Waals surface area contributed by atoms with Gasteiger partial charge in [0.15, 0.2) is 0 Å². The zero-order chi connectivity index (χ0) is 23.3. The predicted molar refractivity (Wildman–Crippen MR) is 129 cm³/mol. The summed E-state index contributed by atoms with van der Waals surface area (Å²) in [7, 11) is 0. The van der Waals surface area contributed by atoms with Crippen molar-refractivity contribution in [1.29, 1.82) is 0 Å². The van der Waals surface area contributed by atoms with Crippen molar-refractivity contribution in [3.8, 4) is 11.5 Å². The van der Waals surface area contributed by atoms with Crippen LogP contribution >= 0.6 is 105 Å². The highest BCUT2D eigenvalue weighted by Crippen LogP contribution is 2.46. The number of halogens is 8. The van der Waals surface area contributed by atoms with Crippen molar-refractivity contribution < 1.29 is 19.1 Å². The SMILES string of the molecule is O=C(Oc1cc(Cl)c(Sc2c(Cl)cc(OC(=O)C(Cl)CCl)cc2Cl)c(Cl)c1)C(Cl)CCl. The molecule has 0 heterocycles. The Morgan fingerprint density at radius 1 is 0.710 bits per heavy atom. The van der Waals surface area contributed by atoms with Gasteiger partial charge in [-0.2, -0.15) is 0 Å². The van der Waals surface area contributed by atoms with Gasteiger partial charge in [-0.25, -0.2) is 9.59 Å². The summed E-state index contributed by atoms with van der Waals surface area (Å²) in [6.07, 6.45) is 0. The van der Waals surface area contributed by atoms with E-state index < -0.39 is 22.7 Å². The van der Waals surface area contributed by atoms with Crippen LogP contribution in [-0.2, 0) is 9.59 Å². The molecule has 0 aliphatic carbocycles. The summed E-state index contributed by atoms with van der Waals surface area (Å²) >= 11 is 48.8. The van der Waals surface area contributed by atoms with Crippen LogP contribution in [0.2, 0.25) is 20.1 Å². The number of ether oxygens (including phenoxy) is 2. The average Bonchev–Trinajstić information content (AvgIpc) is 2.70. The second-order valence-electron chi connectivity index (χ2n) is 5.62. The lowest BCUT2D eigenvalue weighted by Crippen LogP contribution is -2.22. The quantitative estimate of drug-likeness (QED) is 0.174. The van der Waals surface area contributed by atoms with Gasteiger partial charge in [0.25, 0.3) is 0 Å². The Balaban J connectivity index is 2.26. The van der Waals surface area contributed by atoms with Gasteiger partial charge < -0.3 is 9.47 Å². The number of hydrogen-bond donors (Lipinski definition) is 0. The topological polar surface area (TPSA) is 52.6 Å². The number of alkyl halides is 4. The van der Waals surface area contributed by atoms with Gasteiger partial charge in [0.2, 0.25) is 0 Å². The molecule has 0 amide bonds. The van der Waals surface area contributed by atoms with E-state index in [2.05, 4.69) is 0 Å². The van der Waals surface area contributed by atoms with Crippen molar-refractivity contribution in [2.45, 2.75) is 20.5 Å². The third-order valence-electron chi connectivity index (χ3n) is 3.37. The van der Waals surface area contributed by atoms with E-state index in [4.69, 9.17) is 102 Å². The predicted octanol–water partition coefficient (Wildman–Crippen LogP) is 7.95. The fraction of sp³-hybridized carbons (Fsp3) is 0.222. The summed E-state index contributed by atoms with van der Waals surface area (Å²) in [6.45, 7) is 0. The van der Waals surface area contributed by atoms with Gasteiger partial charge >= 0.3 is 11.9 Å². The summed E-state index contributed by atoms with van der Waals surface area (Å²) in [5.74, 6) is -1.53. The molecule has 0 bridgehead atoms. The number of hydrogen-bond acceptors (Lipinski definition) is 5. The molecule has 0 aromatic heterocycles. The standard InChI is InChI=1S/C18H10Cl8O4S/c19-5-13(25)17(27)29-7-1-9(21)15(10(22)2-7)31-16-11(23)3-8(4-12(16)24)30-18(28)14(26)6-20/h1-4,13-14H,5-6H2. The lowest BCUT2D eigenvalue weighted by Gasteiger charge is -2.14. The second kappa shape index (κ2) is 12.5. The lowest BCUT2D eigenvalue weighted by molar-refractivity contribution is -0.134. The molecule has 0 N–H and O–H groups in total. The van der Waals surface area contributed by atoms with Gasteiger partial charge in [-0.05, 0) is 0 Å². The molecular weight excluding hydrogens is 596 g/mol. The fourth-order valence-corrected chi connectivity index (χ4v) is 4.54. The van der Waals surface area contributed by atoms with Crippen molar-refractivity contribution in [3.63, 3.8) is 0 Å². The molecule has 2 aromatic carbocycles.